The van der Waals surface area contributed by atoms with Crippen LogP contribution in [0.4, 0.5) is 13.2 Å². The number of nitrogens with zero attached hydrogens (tertiary/aromatic N) is 3. The van der Waals surface area contributed by atoms with Gasteiger partial charge >= 0.3 is 6.18 Å². The quantitative estimate of drug-likeness (QED) is 0.874. The van der Waals surface area contributed by atoms with Crippen LogP contribution >= 0.6 is 24.8 Å². The van der Waals surface area contributed by atoms with Gasteiger partial charge in [-0.15, -0.1) is 35.0 Å². The second kappa shape index (κ2) is 5.52. The predicted octanol–water partition coefficient (Wildman–Crippen LogP) is 2.05. The summed E-state index contributed by atoms with van der Waals surface area (Å²) in [6.45, 7) is 0.0441. The maximum absolute atomic E-state index is 12.4. The molecule has 2 rings (SSSR count). The van der Waals surface area contributed by atoms with Crippen molar-refractivity contribution in [2.75, 3.05) is 0 Å². The van der Waals surface area contributed by atoms with Crippen LogP contribution in [0.5, 0.6) is 0 Å². The van der Waals surface area contributed by atoms with E-state index < -0.39 is 11.7 Å². The second-order valence-electron chi connectivity index (χ2n) is 2.96. The number of hydrogen-bond acceptors (Lipinski definition) is 3. The molecule has 0 aliphatic carbocycles. The van der Waals surface area contributed by atoms with Crippen LogP contribution in [0.1, 0.15) is 11.4 Å². The van der Waals surface area contributed by atoms with E-state index in [0.717, 1.165) is 12.3 Å². The topological polar surface area (TPSA) is 56.2 Å². The van der Waals surface area contributed by atoms with Gasteiger partial charge in [-0.25, -0.2) is 0 Å². The smallest absolute Gasteiger partial charge is 0.324 e. The van der Waals surface area contributed by atoms with Crippen molar-refractivity contribution in [3.05, 3.63) is 29.7 Å². The number of hydrogen-bond donors (Lipinski definition) is 1. The highest BCUT2D eigenvalue weighted by Gasteiger charge is 2.31. The van der Waals surface area contributed by atoms with E-state index in [1.807, 2.05) is 0 Å². The number of fused-ring (bicyclic) bond motifs is 1. The standard InChI is InChI=1S/C8H7F3N4.2ClH/c9-8(10,11)5-1-2-6-13-14-7(3-12)15(6)4-5;;/h1-2,4H,3,12H2;2*1H. The first-order valence-corrected chi connectivity index (χ1v) is 4.13. The molecule has 0 spiro atoms. The van der Waals surface area contributed by atoms with Crippen LogP contribution in [-0.4, -0.2) is 14.6 Å². The lowest BCUT2D eigenvalue weighted by Crippen LogP contribution is -2.08. The maximum atomic E-state index is 12.4. The van der Waals surface area contributed by atoms with Gasteiger partial charge in [0.25, 0.3) is 0 Å². The molecule has 0 saturated carbocycles. The third-order valence-electron chi connectivity index (χ3n) is 1.98. The van der Waals surface area contributed by atoms with Gasteiger partial charge in [-0.3, -0.25) is 4.40 Å². The Morgan fingerprint density at radius 1 is 1.18 bits per heavy atom. The lowest BCUT2D eigenvalue weighted by Gasteiger charge is -2.06. The molecule has 0 amide bonds. The van der Waals surface area contributed by atoms with Crippen molar-refractivity contribution >= 4 is 30.5 Å². The third-order valence-corrected chi connectivity index (χ3v) is 1.98. The maximum Gasteiger partial charge on any atom is 0.417 e. The summed E-state index contributed by atoms with van der Waals surface area (Å²) in [5.41, 5.74) is 4.92. The van der Waals surface area contributed by atoms with Crippen LogP contribution in [0.2, 0.25) is 0 Å². The van der Waals surface area contributed by atoms with E-state index in [1.165, 1.54) is 10.5 Å². The van der Waals surface area contributed by atoms with Crippen LogP contribution in [0, 0.1) is 0 Å². The third kappa shape index (κ3) is 2.99. The van der Waals surface area contributed by atoms with E-state index in [4.69, 9.17) is 5.73 Å². The van der Waals surface area contributed by atoms with Gasteiger partial charge < -0.3 is 5.73 Å². The fourth-order valence-electron chi connectivity index (χ4n) is 1.25. The molecule has 0 unspecified atom stereocenters. The van der Waals surface area contributed by atoms with Gasteiger partial charge in [-0.1, -0.05) is 0 Å². The number of aromatic nitrogens is 3. The van der Waals surface area contributed by atoms with Crippen molar-refractivity contribution in [3.63, 3.8) is 0 Å². The molecule has 4 nitrogen and oxygen atoms in total. The van der Waals surface area contributed by atoms with Gasteiger partial charge in [0.1, 0.15) is 0 Å². The normalized spacial score (nSPS) is 10.8. The molecule has 96 valence electrons. The summed E-state index contributed by atoms with van der Waals surface area (Å²) in [4.78, 5) is 0. The molecule has 0 saturated heterocycles. The van der Waals surface area contributed by atoms with Crippen molar-refractivity contribution in [1.82, 2.24) is 14.6 Å². The highest BCUT2D eigenvalue weighted by Crippen LogP contribution is 2.29. The van der Waals surface area contributed by atoms with Gasteiger partial charge in [0.15, 0.2) is 11.5 Å². The van der Waals surface area contributed by atoms with Crippen molar-refractivity contribution in [3.8, 4) is 0 Å². The Bertz CT molecular complexity index is 497. The minimum Gasteiger partial charge on any atom is -0.324 e. The summed E-state index contributed by atoms with van der Waals surface area (Å²) in [7, 11) is 0. The van der Waals surface area contributed by atoms with Gasteiger partial charge in [-0.2, -0.15) is 13.2 Å². The molecule has 0 fully saturated rings. The molecular weight excluding hydrogens is 280 g/mol. The van der Waals surface area contributed by atoms with E-state index in [-0.39, 0.29) is 31.4 Å². The van der Waals surface area contributed by atoms with Gasteiger partial charge in [0.2, 0.25) is 0 Å². The second-order valence-corrected chi connectivity index (χ2v) is 2.96. The van der Waals surface area contributed by atoms with Crippen molar-refractivity contribution < 1.29 is 13.2 Å². The molecule has 0 aliphatic heterocycles. The largest absolute Gasteiger partial charge is 0.417 e. The van der Waals surface area contributed by atoms with Gasteiger partial charge in [-0.05, 0) is 12.1 Å². The highest BCUT2D eigenvalue weighted by atomic mass is 35.5. The Morgan fingerprint density at radius 3 is 2.35 bits per heavy atom. The zero-order chi connectivity index (χ0) is 11.1. The molecule has 2 aromatic heterocycles. The first kappa shape index (κ1) is 16.0. The Morgan fingerprint density at radius 2 is 1.82 bits per heavy atom. The minimum atomic E-state index is -4.37. The number of halogens is 5. The zero-order valence-electron chi connectivity index (χ0n) is 8.31. The van der Waals surface area contributed by atoms with Crippen LogP contribution in [0.15, 0.2) is 18.3 Å². The summed E-state index contributed by atoms with van der Waals surface area (Å²) in [5.74, 6) is 0.302. The van der Waals surface area contributed by atoms with Crippen LogP contribution in [0.3, 0.4) is 0 Å². The zero-order valence-corrected chi connectivity index (χ0v) is 9.94. The first-order chi connectivity index (χ1) is 7.02. The Labute approximate surface area is 107 Å². The predicted molar refractivity (Wildman–Crippen MR) is 60.4 cm³/mol. The number of rotatable bonds is 1. The average Bonchev–Trinajstić information content (AvgIpc) is 2.57. The Balaban J connectivity index is 0.00000128. The van der Waals surface area contributed by atoms with E-state index in [2.05, 4.69) is 10.2 Å². The molecule has 2 heterocycles. The van der Waals surface area contributed by atoms with E-state index in [9.17, 15) is 13.2 Å². The molecule has 0 bridgehead atoms. The van der Waals surface area contributed by atoms with Crippen molar-refractivity contribution in [1.29, 1.82) is 0 Å². The summed E-state index contributed by atoms with van der Waals surface area (Å²) >= 11 is 0. The highest BCUT2D eigenvalue weighted by molar-refractivity contribution is 5.85. The molecule has 17 heavy (non-hydrogen) atoms. The van der Waals surface area contributed by atoms with E-state index in [1.54, 1.807) is 0 Å². The van der Waals surface area contributed by atoms with Crippen LogP contribution in [-0.2, 0) is 12.7 Å². The van der Waals surface area contributed by atoms with Gasteiger partial charge in [0.05, 0.1) is 12.1 Å². The fraction of sp³-hybridized carbons (Fsp3) is 0.250. The first-order valence-electron chi connectivity index (χ1n) is 4.13. The Kier molecular flexibility index (Phi) is 5.18. The summed E-state index contributed by atoms with van der Waals surface area (Å²) in [6, 6.07) is 2.22. The van der Waals surface area contributed by atoms with Crippen molar-refractivity contribution in [2.45, 2.75) is 12.7 Å². The minimum absolute atomic E-state index is 0. The molecule has 2 N–H and O–H groups in total. The van der Waals surface area contributed by atoms with E-state index >= 15 is 0 Å². The fourth-order valence-corrected chi connectivity index (χ4v) is 1.25. The molecule has 0 atom stereocenters. The average molecular weight is 289 g/mol. The summed E-state index contributed by atoms with van der Waals surface area (Å²) in [5, 5.41) is 7.34. The van der Waals surface area contributed by atoms with Gasteiger partial charge in [0, 0.05) is 6.20 Å². The molecule has 9 heteroatoms. The lowest BCUT2D eigenvalue weighted by molar-refractivity contribution is -0.137. The lowest BCUT2D eigenvalue weighted by atomic mass is 10.3. The summed E-state index contributed by atoms with van der Waals surface area (Å²) in [6.07, 6.45) is -3.43. The van der Waals surface area contributed by atoms with Crippen molar-refractivity contribution in [2.24, 2.45) is 5.73 Å². The molecule has 0 aromatic carbocycles. The SMILES string of the molecule is Cl.Cl.NCc1nnc2ccc(C(F)(F)F)cn12. The summed E-state index contributed by atoms with van der Waals surface area (Å²) < 4.78 is 38.4. The molecule has 2 aromatic rings. The number of pyridine rings is 1. The number of nitrogens with two attached hydrogens (primary N) is 1. The molecule has 0 aliphatic rings. The Hall–Kier alpha value is -1.05. The monoisotopic (exact) mass is 288 g/mol. The van der Waals surface area contributed by atoms with Crippen LogP contribution < -0.4 is 5.73 Å². The van der Waals surface area contributed by atoms with E-state index in [0.29, 0.717) is 11.5 Å². The molecular formula is C8H9Cl2F3N4. The number of alkyl halides is 3. The molecule has 0 radical (unpaired) electrons. The van der Waals surface area contributed by atoms with Crippen LogP contribution in [0.25, 0.3) is 5.65 Å².